The third-order valence-corrected chi connectivity index (χ3v) is 4.81. The number of hydrogen-bond acceptors (Lipinski definition) is 4. The predicted molar refractivity (Wildman–Crippen MR) is 86.2 cm³/mol. The summed E-state index contributed by atoms with van der Waals surface area (Å²) in [6.45, 7) is 6.59. The fourth-order valence-corrected chi connectivity index (χ4v) is 3.61. The van der Waals surface area contributed by atoms with Crippen molar-refractivity contribution in [1.29, 1.82) is 0 Å². The molecule has 0 amide bonds. The van der Waals surface area contributed by atoms with Gasteiger partial charge in [-0.15, -0.1) is 0 Å². The Balaban J connectivity index is 2.16. The molecule has 2 rings (SSSR count). The molecule has 0 bridgehead atoms. The zero-order valence-corrected chi connectivity index (χ0v) is 14.2. The Kier molecular flexibility index (Phi) is 6.52. The van der Waals surface area contributed by atoms with E-state index in [0.717, 1.165) is 5.56 Å². The summed E-state index contributed by atoms with van der Waals surface area (Å²) in [5, 5.41) is 10.3. The lowest BCUT2D eigenvalue weighted by atomic mass is 10.0. The maximum Gasteiger partial charge on any atom is 0.238 e. The average molecular weight is 327 g/mol. The van der Waals surface area contributed by atoms with Gasteiger partial charge in [0.1, 0.15) is 6.10 Å². The lowest BCUT2D eigenvalue weighted by molar-refractivity contribution is -0.0943. The molecule has 1 fully saturated rings. The number of aliphatic hydroxyl groups is 1. The summed E-state index contributed by atoms with van der Waals surface area (Å²) in [4.78, 5) is 0. The van der Waals surface area contributed by atoms with Crippen LogP contribution in [0.5, 0.6) is 0 Å². The largest absolute Gasteiger partial charge is 0.390 e. The Morgan fingerprint density at radius 1 is 1.41 bits per heavy atom. The minimum absolute atomic E-state index is 0.0150. The third kappa shape index (κ3) is 4.36. The zero-order chi connectivity index (χ0) is 16.1. The van der Waals surface area contributed by atoms with Gasteiger partial charge in [0, 0.05) is 6.54 Å². The van der Waals surface area contributed by atoms with Gasteiger partial charge in [0.25, 0.3) is 0 Å². The molecule has 1 unspecified atom stereocenters. The molecule has 22 heavy (non-hydrogen) atoms. The van der Waals surface area contributed by atoms with Crippen LogP contribution in [-0.4, -0.2) is 44.6 Å². The molecular formula is C16H25NO4S. The maximum absolute atomic E-state index is 12.2. The number of aliphatic hydroxyl groups excluding tert-OH is 1. The molecule has 124 valence electrons. The molecule has 1 aliphatic rings. The predicted octanol–water partition coefficient (Wildman–Crippen LogP) is 2.03. The Bertz CT molecular complexity index is 482. The lowest BCUT2D eigenvalue weighted by Gasteiger charge is -2.32. The molecule has 0 radical (unpaired) electrons. The number of benzene rings is 1. The zero-order valence-electron chi connectivity index (χ0n) is 13.3. The lowest BCUT2D eigenvalue weighted by Crippen LogP contribution is -2.48. The van der Waals surface area contributed by atoms with Crippen LogP contribution in [0.25, 0.3) is 0 Å². The van der Waals surface area contributed by atoms with Crippen LogP contribution in [0.15, 0.2) is 30.3 Å². The van der Waals surface area contributed by atoms with Crippen molar-refractivity contribution in [2.45, 2.75) is 58.1 Å². The van der Waals surface area contributed by atoms with Crippen LogP contribution >= 0.6 is 0 Å². The van der Waals surface area contributed by atoms with E-state index in [1.165, 1.54) is 0 Å². The Morgan fingerprint density at radius 3 is 2.68 bits per heavy atom. The molecule has 1 saturated heterocycles. The summed E-state index contributed by atoms with van der Waals surface area (Å²) in [5.41, 5.74) is 1.06. The van der Waals surface area contributed by atoms with Crippen molar-refractivity contribution >= 4 is 11.3 Å². The van der Waals surface area contributed by atoms with E-state index in [0.29, 0.717) is 19.6 Å². The van der Waals surface area contributed by atoms with E-state index >= 15 is 0 Å². The second-order valence-electron chi connectivity index (χ2n) is 5.75. The van der Waals surface area contributed by atoms with Gasteiger partial charge in [-0.3, -0.25) is 4.18 Å². The van der Waals surface area contributed by atoms with Crippen LogP contribution in [0, 0.1) is 0 Å². The number of ether oxygens (including phenoxy) is 1. The highest BCUT2D eigenvalue weighted by atomic mass is 32.2. The second-order valence-corrected chi connectivity index (χ2v) is 6.89. The number of rotatable bonds is 7. The average Bonchev–Trinajstić information content (AvgIpc) is 2.86. The van der Waals surface area contributed by atoms with Gasteiger partial charge >= 0.3 is 0 Å². The van der Waals surface area contributed by atoms with Crippen molar-refractivity contribution in [3.63, 3.8) is 0 Å². The Hall–Kier alpha value is -0.790. The third-order valence-electron chi connectivity index (χ3n) is 3.69. The summed E-state index contributed by atoms with van der Waals surface area (Å²) in [6, 6.07) is 9.60. The van der Waals surface area contributed by atoms with Crippen LogP contribution in [0.2, 0.25) is 0 Å². The summed E-state index contributed by atoms with van der Waals surface area (Å²) < 4.78 is 25.1. The highest BCUT2D eigenvalue weighted by molar-refractivity contribution is 7.77. The minimum atomic E-state index is -1.50. The van der Waals surface area contributed by atoms with Crippen molar-refractivity contribution in [3.05, 3.63) is 35.9 Å². The van der Waals surface area contributed by atoms with Crippen LogP contribution in [0.3, 0.4) is 0 Å². The van der Waals surface area contributed by atoms with Crippen molar-refractivity contribution < 1.29 is 18.2 Å². The summed E-state index contributed by atoms with van der Waals surface area (Å²) in [5.74, 6) is 0. The number of nitrogens with zero attached hydrogens (tertiary/aromatic N) is 1. The van der Waals surface area contributed by atoms with Crippen molar-refractivity contribution in [2.75, 3.05) is 6.61 Å². The first-order valence-corrected chi connectivity index (χ1v) is 8.75. The molecule has 0 spiro atoms. The highest BCUT2D eigenvalue weighted by Crippen LogP contribution is 2.25. The van der Waals surface area contributed by atoms with E-state index in [2.05, 4.69) is 0 Å². The van der Waals surface area contributed by atoms with E-state index in [1.54, 1.807) is 4.31 Å². The molecule has 0 aliphatic carbocycles. The molecule has 1 N–H and O–H groups in total. The molecule has 6 heteroatoms. The van der Waals surface area contributed by atoms with Crippen molar-refractivity contribution in [1.82, 2.24) is 4.31 Å². The van der Waals surface area contributed by atoms with Gasteiger partial charge in [0.2, 0.25) is 11.3 Å². The first-order chi connectivity index (χ1) is 10.5. The Morgan fingerprint density at radius 2 is 2.09 bits per heavy atom. The van der Waals surface area contributed by atoms with Gasteiger partial charge in [-0.1, -0.05) is 37.3 Å². The summed E-state index contributed by atoms with van der Waals surface area (Å²) in [7, 11) is 0. The maximum atomic E-state index is 12.2. The van der Waals surface area contributed by atoms with Gasteiger partial charge in [0.15, 0.2) is 0 Å². The normalized spacial score (nSPS) is 25.5. The standard InChI is InChI=1S/C16H25NO4S/c1-4-15(18)16(21-12(2)3)14-11-20-22(19)17(14)10-13-8-6-5-7-9-13/h5-9,12,14-16,18H,4,10-11H2,1-3H3/t14-,15+,16-,22?/m0/s1. The quantitative estimate of drug-likeness (QED) is 0.832. The monoisotopic (exact) mass is 327 g/mol. The van der Waals surface area contributed by atoms with E-state index in [4.69, 9.17) is 8.92 Å². The number of hydrogen-bond donors (Lipinski definition) is 1. The molecule has 1 aliphatic heterocycles. The van der Waals surface area contributed by atoms with Gasteiger partial charge in [-0.2, -0.15) is 4.31 Å². The molecule has 1 aromatic rings. The van der Waals surface area contributed by atoms with E-state index in [-0.39, 0.29) is 12.1 Å². The van der Waals surface area contributed by atoms with Crippen molar-refractivity contribution in [3.8, 4) is 0 Å². The second kappa shape index (κ2) is 8.17. The van der Waals surface area contributed by atoms with Crippen LogP contribution < -0.4 is 0 Å². The van der Waals surface area contributed by atoms with Crippen molar-refractivity contribution in [2.24, 2.45) is 0 Å². The summed E-state index contributed by atoms with van der Waals surface area (Å²) >= 11 is -1.50. The van der Waals surface area contributed by atoms with Gasteiger partial charge < -0.3 is 9.84 Å². The first-order valence-electron chi connectivity index (χ1n) is 7.72. The molecule has 1 aromatic carbocycles. The molecule has 4 atom stereocenters. The Labute approximate surface area is 135 Å². The molecular weight excluding hydrogens is 302 g/mol. The van der Waals surface area contributed by atoms with Gasteiger partial charge in [-0.05, 0) is 25.8 Å². The SMILES string of the molecule is CC[C@@H](O)[C@@H](OC(C)C)[C@@H]1COS(=O)N1Cc1ccccc1. The van der Waals surface area contributed by atoms with Crippen LogP contribution in [0.4, 0.5) is 0 Å². The first kappa shape index (κ1) is 17.6. The molecule has 5 nitrogen and oxygen atoms in total. The van der Waals surface area contributed by atoms with E-state index in [9.17, 15) is 9.32 Å². The molecule has 0 saturated carbocycles. The van der Waals surface area contributed by atoms with E-state index < -0.39 is 23.5 Å². The molecule has 0 aromatic heterocycles. The van der Waals surface area contributed by atoms with Gasteiger partial charge in [0.05, 0.1) is 24.9 Å². The topological polar surface area (TPSA) is 59.0 Å². The van der Waals surface area contributed by atoms with Crippen LogP contribution in [0.1, 0.15) is 32.8 Å². The van der Waals surface area contributed by atoms with Gasteiger partial charge in [-0.25, -0.2) is 4.21 Å². The molecule has 1 heterocycles. The fraction of sp³-hybridized carbons (Fsp3) is 0.625. The summed E-state index contributed by atoms with van der Waals surface area (Å²) in [6.07, 6.45) is -0.456. The van der Waals surface area contributed by atoms with Crippen LogP contribution in [-0.2, 0) is 26.7 Å². The van der Waals surface area contributed by atoms with E-state index in [1.807, 2.05) is 51.1 Å². The smallest absolute Gasteiger partial charge is 0.238 e. The fourth-order valence-electron chi connectivity index (χ4n) is 2.57. The highest BCUT2D eigenvalue weighted by Gasteiger charge is 2.41. The minimum Gasteiger partial charge on any atom is -0.390 e.